The Morgan fingerprint density at radius 2 is 1.94 bits per heavy atom. The minimum Gasteiger partial charge on any atom is -0.491 e. The van der Waals surface area contributed by atoms with Crippen LogP contribution in [0.5, 0.6) is 5.75 Å². The molecular formula is C15H14N2O. The van der Waals surface area contributed by atoms with E-state index in [-0.39, 0.29) is 0 Å². The molecule has 2 aromatic carbocycles. The van der Waals surface area contributed by atoms with Gasteiger partial charge >= 0.3 is 0 Å². The Bertz CT molecular complexity index is 627. The molecule has 3 heteroatoms. The molecule has 0 fully saturated rings. The predicted octanol–water partition coefficient (Wildman–Crippen LogP) is 3.12. The van der Waals surface area contributed by atoms with Gasteiger partial charge in [0.05, 0.1) is 12.9 Å². The summed E-state index contributed by atoms with van der Waals surface area (Å²) in [5, 5.41) is 2.36. The summed E-state index contributed by atoms with van der Waals surface area (Å²) in [4.78, 5) is 4.01. The van der Waals surface area contributed by atoms with Crippen molar-refractivity contribution in [3.05, 3.63) is 61.2 Å². The molecule has 3 rings (SSSR count). The van der Waals surface area contributed by atoms with Crippen molar-refractivity contribution in [2.45, 2.75) is 6.54 Å². The minimum atomic E-state index is 0.643. The topological polar surface area (TPSA) is 27.1 Å². The summed E-state index contributed by atoms with van der Waals surface area (Å²) in [5.74, 6) is 0.938. The van der Waals surface area contributed by atoms with Gasteiger partial charge in [0.25, 0.3) is 0 Å². The summed E-state index contributed by atoms with van der Waals surface area (Å²) in [5.41, 5.74) is 0. The molecule has 18 heavy (non-hydrogen) atoms. The van der Waals surface area contributed by atoms with Gasteiger partial charge in [0.2, 0.25) is 0 Å². The van der Waals surface area contributed by atoms with Crippen LogP contribution in [0.15, 0.2) is 61.2 Å². The Morgan fingerprint density at radius 1 is 1.06 bits per heavy atom. The summed E-state index contributed by atoms with van der Waals surface area (Å²) >= 11 is 0. The number of hydrogen-bond donors (Lipinski definition) is 0. The first-order chi connectivity index (χ1) is 8.93. The molecule has 0 radical (unpaired) electrons. The lowest BCUT2D eigenvalue weighted by atomic mass is 10.1. The summed E-state index contributed by atoms with van der Waals surface area (Å²) < 4.78 is 7.85. The van der Waals surface area contributed by atoms with Crippen LogP contribution in [-0.2, 0) is 6.54 Å². The normalized spacial score (nSPS) is 10.7. The van der Waals surface area contributed by atoms with Gasteiger partial charge in [0.15, 0.2) is 0 Å². The van der Waals surface area contributed by atoms with E-state index in [9.17, 15) is 0 Å². The molecule has 90 valence electrons. The molecule has 0 spiro atoms. The largest absolute Gasteiger partial charge is 0.491 e. The van der Waals surface area contributed by atoms with Crippen LogP contribution >= 0.6 is 0 Å². The van der Waals surface area contributed by atoms with E-state index in [0.717, 1.165) is 17.7 Å². The van der Waals surface area contributed by atoms with Crippen LogP contribution in [0.3, 0.4) is 0 Å². The fourth-order valence-electron chi connectivity index (χ4n) is 2.00. The average molecular weight is 238 g/mol. The highest BCUT2D eigenvalue weighted by Gasteiger charge is 2.00. The number of ether oxygens (including phenoxy) is 1. The maximum atomic E-state index is 5.84. The van der Waals surface area contributed by atoms with Crippen molar-refractivity contribution < 1.29 is 4.74 Å². The van der Waals surface area contributed by atoms with Crippen molar-refractivity contribution in [2.75, 3.05) is 6.61 Å². The van der Waals surface area contributed by atoms with Gasteiger partial charge in [-0.15, -0.1) is 0 Å². The lowest BCUT2D eigenvalue weighted by Crippen LogP contribution is -2.06. The molecular weight excluding hydrogens is 224 g/mol. The molecule has 0 N–H and O–H groups in total. The highest BCUT2D eigenvalue weighted by atomic mass is 16.5. The average Bonchev–Trinajstić information content (AvgIpc) is 2.92. The van der Waals surface area contributed by atoms with Gasteiger partial charge in [-0.2, -0.15) is 0 Å². The molecule has 1 heterocycles. The van der Waals surface area contributed by atoms with E-state index < -0.39 is 0 Å². The van der Waals surface area contributed by atoms with E-state index in [4.69, 9.17) is 4.74 Å². The number of benzene rings is 2. The van der Waals surface area contributed by atoms with Crippen LogP contribution in [0.1, 0.15) is 0 Å². The Balaban J connectivity index is 1.74. The third kappa shape index (κ3) is 2.20. The number of hydrogen-bond acceptors (Lipinski definition) is 2. The molecule has 0 unspecified atom stereocenters. The van der Waals surface area contributed by atoms with E-state index in [0.29, 0.717) is 6.61 Å². The second-order valence-electron chi connectivity index (χ2n) is 4.13. The maximum Gasteiger partial charge on any atom is 0.127 e. The summed E-state index contributed by atoms with van der Waals surface area (Å²) in [6.45, 7) is 1.45. The zero-order valence-electron chi connectivity index (χ0n) is 9.99. The first kappa shape index (κ1) is 10.8. The summed E-state index contributed by atoms with van der Waals surface area (Å²) in [6.07, 6.45) is 5.51. The second-order valence-corrected chi connectivity index (χ2v) is 4.13. The number of fused-ring (bicyclic) bond motifs is 1. The third-order valence-electron chi connectivity index (χ3n) is 2.92. The standard InChI is InChI=1S/C15H14N2O/c1-2-6-14-13(4-1)5-3-7-15(14)18-11-10-17-9-8-16-12-17/h1-9,12H,10-11H2. The molecule has 0 aliphatic heterocycles. The van der Waals surface area contributed by atoms with E-state index >= 15 is 0 Å². The Morgan fingerprint density at radius 3 is 2.83 bits per heavy atom. The number of nitrogens with zero attached hydrogens (tertiary/aromatic N) is 2. The van der Waals surface area contributed by atoms with Crippen molar-refractivity contribution >= 4 is 10.8 Å². The molecule has 0 saturated carbocycles. The lowest BCUT2D eigenvalue weighted by molar-refractivity contribution is 0.301. The van der Waals surface area contributed by atoms with Crippen LogP contribution in [0.25, 0.3) is 10.8 Å². The van der Waals surface area contributed by atoms with Crippen molar-refractivity contribution in [2.24, 2.45) is 0 Å². The number of imidazole rings is 1. The first-order valence-corrected chi connectivity index (χ1v) is 6.00. The minimum absolute atomic E-state index is 0.643. The molecule has 0 aliphatic carbocycles. The van der Waals surface area contributed by atoms with Crippen LogP contribution in [-0.4, -0.2) is 16.2 Å². The quantitative estimate of drug-likeness (QED) is 0.698. The molecule has 0 bridgehead atoms. The molecule has 0 aliphatic rings. The van der Waals surface area contributed by atoms with Crippen LogP contribution in [0, 0.1) is 0 Å². The van der Waals surface area contributed by atoms with Gasteiger partial charge in [-0.05, 0) is 11.5 Å². The van der Waals surface area contributed by atoms with Gasteiger partial charge in [-0.1, -0.05) is 36.4 Å². The van der Waals surface area contributed by atoms with Crippen LogP contribution in [0.2, 0.25) is 0 Å². The molecule has 3 nitrogen and oxygen atoms in total. The lowest BCUT2D eigenvalue weighted by Gasteiger charge is -2.09. The SMILES string of the molecule is c1ccc2c(OCCn3ccnc3)cccc2c1. The Labute approximate surface area is 106 Å². The van der Waals surface area contributed by atoms with Crippen molar-refractivity contribution in [3.63, 3.8) is 0 Å². The van der Waals surface area contributed by atoms with Gasteiger partial charge in [0, 0.05) is 17.8 Å². The second kappa shape index (κ2) is 4.92. The van der Waals surface area contributed by atoms with Gasteiger partial charge in [0.1, 0.15) is 12.4 Å². The van der Waals surface area contributed by atoms with Crippen LogP contribution < -0.4 is 4.74 Å². The third-order valence-corrected chi connectivity index (χ3v) is 2.92. The van der Waals surface area contributed by atoms with Crippen LogP contribution in [0.4, 0.5) is 0 Å². The van der Waals surface area contributed by atoms with Crippen molar-refractivity contribution in [1.29, 1.82) is 0 Å². The summed E-state index contributed by atoms with van der Waals surface area (Å²) in [7, 11) is 0. The number of aromatic nitrogens is 2. The Kier molecular flexibility index (Phi) is 2.96. The van der Waals surface area contributed by atoms with Crippen molar-refractivity contribution in [3.8, 4) is 5.75 Å². The Hall–Kier alpha value is -2.29. The van der Waals surface area contributed by atoms with Gasteiger partial charge < -0.3 is 9.30 Å². The monoisotopic (exact) mass is 238 g/mol. The van der Waals surface area contributed by atoms with E-state index in [1.807, 2.05) is 35.0 Å². The highest BCUT2D eigenvalue weighted by Crippen LogP contribution is 2.24. The molecule has 0 amide bonds. The summed E-state index contributed by atoms with van der Waals surface area (Å²) in [6, 6.07) is 14.4. The molecule has 3 aromatic rings. The molecule has 0 atom stereocenters. The van der Waals surface area contributed by atoms with E-state index in [1.165, 1.54) is 5.39 Å². The van der Waals surface area contributed by atoms with Gasteiger partial charge in [-0.25, -0.2) is 4.98 Å². The highest BCUT2D eigenvalue weighted by molar-refractivity contribution is 5.88. The molecule has 0 saturated heterocycles. The fourth-order valence-corrected chi connectivity index (χ4v) is 2.00. The zero-order chi connectivity index (χ0) is 12.2. The fraction of sp³-hybridized carbons (Fsp3) is 0.133. The van der Waals surface area contributed by atoms with Crippen molar-refractivity contribution in [1.82, 2.24) is 9.55 Å². The van der Waals surface area contributed by atoms with Gasteiger partial charge in [-0.3, -0.25) is 0 Å². The molecule has 1 aromatic heterocycles. The number of rotatable bonds is 4. The first-order valence-electron chi connectivity index (χ1n) is 6.00. The zero-order valence-corrected chi connectivity index (χ0v) is 9.99. The maximum absolute atomic E-state index is 5.84. The predicted molar refractivity (Wildman–Crippen MR) is 71.7 cm³/mol. The van der Waals surface area contributed by atoms with E-state index in [1.54, 1.807) is 12.5 Å². The van der Waals surface area contributed by atoms with E-state index in [2.05, 4.69) is 23.2 Å². The smallest absolute Gasteiger partial charge is 0.127 e.